The molecule has 0 aromatic carbocycles. The lowest BCUT2D eigenvalue weighted by atomic mass is 9.33. The van der Waals surface area contributed by atoms with E-state index in [4.69, 9.17) is 9.47 Å². The van der Waals surface area contributed by atoms with Crippen molar-refractivity contribution < 1.29 is 29.3 Å². The molecule has 11 rings (SSSR count). The van der Waals surface area contributed by atoms with Gasteiger partial charge in [-0.3, -0.25) is 23.5 Å². The SMILES string of the molecule is Cc1cn(CCOC(=O)[C@]23CCC(C)(C)C[C@H]2C2=CCC4[C@@]5(C)CC[C@H](O)C(C)(C)C5CC[C@@]4(C)[C@]2(C)CC3)c(=O)n(CCOC(=O)[C@]23CCC(C)(C)C[C@H]2C2=CCC4[C@@]5(C)CC[C@H](O)C(C)(C)C5CC[C@@]4(C)[C@]2(C)CC3)c1=O. The maximum Gasteiger partial charge on any atom is 0.331 e. The third-order valence-electron chi connectivity index (χ3n) is 28.6. The first kappa shape index (κ1) is 57.8. The van der Waals surface area contributed by atoms with E-state index in [-0.39, 0.29) is 116 Å². The van der Waals surface area contributed by atoms with E-state index < -0.39 is 22.1 Å². The van der Waals surface area contributed by atoms with Gasteiger partial charge in [-0.05, 0) is 225 Å². The van der Waals surface area contributed by atoms with Crippen molar-refractivity contribution in [1.29, 1.82) is 0 Å². The summed E-state index contributed by atoms with van der Waals surface area (Å²) in [5, 5.41) is 22.5. The van der Waals surface area contributed by atoms with Crippen molar-refractivity contribution in [2.45, 2.75) is 258 Å². The Hall–Kier alpha value is -2.98. The van der Waals surface area contributed by atoms with E-state index in [1.165, 1.54) is 20.3 Å². The molecule has 0 aliphatic heterocycles. The zero-order valence-corrected chi connectivity index (χ0v) is 52.1. The molecule has 0 bridgehead atoms. The van der Waals surface area contributed by atoms with Gasteiger partial charge in [0.2, 0.25) is 0 Å². The van der Waals surface area contributed by atoms with Crippen molar-refractivity contribution in [3.05, 3.63) is 55.9 Å². The fourth-order valence-electron chi connectivity index (χ4n) is 23.1. The summed E-state index contributed by atoms with van der Waals surface area (Å²) in [4.78, 5) is 58.0. The number of rotatable bonds is 8. The molecule has 0 saturated heterocycles. The molecular formula is C69H106N2O8. The maximum absolute atomic E-state index is 15.0. The van der Waals surface area contributed by atoms with E-state index in [0.29, 0.717) is 29.2 Å². The molecule has 10 heteroatoms. The molecule has 1 aromatic heterocycles. The number of aliphatic hydroxyl groups excluding tert-OH is 2. The van der Waals surface area contributed by atoms with E-state index in [1.54, 1.807) is 13.1 Å². The third-order valence-corrected chi connectivity index (χ3v) is 28.6. The molecule has 1 heterocycles. The molecular weight excluding hydrogens is 985 g/mol. The van der Waals surface area contributed by atoms with Gasteiger partial charge in [0.05, 0.1) is 36.1 Å². The maximum atomic E-state index is 15.0. The van der Waals surface area contributed by atoms with E-state index in [0.717, 1.165) is 128 Å². The zero-order valence-electron chi connectivity index (χ0n) is 52.1. The highest BCUT2D eigenvalue weighted by molar-refractivity contribution is 5.79. The number of ether oxygens (including phenoxy) is 2. The molecule has 1 aromatic rings. The van der Waals surface area contributed by atoms with Crippen molar-refractivity contribution >= 4 is 11.9 Å². The van der Waals surface area contributed by atoms with Gasteiger partial charge in [-0.25, -0.2) is 4.79 Å². The second kappa shape index (κ2) is 18.5. The number of hydrogen-bond donors (Lipinski definition) is 2. The number of carbonyl (C=O) groups is 2. The van der Waals surface area contributed by atoms with Crippen LogP contribution in [-0.2, 0) is 32.2 Å². The Bertz CT molecular complexity index is 2830. The topological polar surface area (TPSA) is 137 Å². The molecule has 0 radical (unpaired) electrons. The summed E-state index contributed by atoms with van der Waals surface area (Å²) in [5.41, 5.74) is 1.49. The molecule has 2 N–H and O–H groups in total. The largest absolute Gasteiger partial charge is 0.463 e. The predicted octanol–water partition coefficient (Wildman–Crippen LogP) is 13.7. The number of aryl methyl sites for hydroxylation is 1. The molecule has 79 heavy (non-hydrogen) atoms. The molecule has 8 saturated carbocycles. The van der Waals surface area contributed by atoms with Gasteiger partial charge in [0.1, 0.15) is 13.2 Å². The van der Waals surface area contributed by atoms with Gasteiger partial charge in [0.25, 0.3) is 5.56 Å². The lowest BCUT2D eigenvalue weighted by Gasteiger charge is -2.71. The van der Waals surface area contributed by atoms with Gasteiger partial charge in [0.15, 0.2) is 0 Å². The monoisotopic (exact) mass is 1090 g/mol. The summed E-state index contributed by atoms with van der Waals surface area (Å²) in [6.07, 6.45) is 25.4. The highest BCUT2D eigenvalue weighted by Gasteiger charge is 2.72. The fraction of sp³-hybridized carbons (Fsp3) is 0.855. The Kier molecular flexibility index (Phi) is 13.5. The van der Waals surface area contributed by atoms with Crippen LogP contribution in [0.1, 0.15) is 231 Å². The number of hydrogen-bond acceptors (Lipinski definition) is 8. The van der Waals surface area contributed by atoms with E-state index in [9.17, 15) is 29.4 Å². The minimum Gasteiger partial charge on any atom is -0.463 e. The normalized spacial score (nSPS) is 45.9. The van der Waals surface area contributed by atoms with Crippen molar-refractivity contribution in [2.24, 2.45) is 100 Å². The van der Waals surface area contributed by atoms with Gasteiger partial charge in [-0.2, -0.15) is 0 Å². The molecule has 440 valence electrons. The second-order valence-electron chi connectivity index (χ2n) is 33.5. The Morgan fingerprint density at radius 3 is 1.37 bits per heavy atom. The summed E-state index contributed by atoms with van der Waals surface area (Å²) in [5.74, 6) is 1.79. The van der Waals surface area contributed by atoms with Crippen LogP contribution < -0.4 is 11.2 Å². The van der Waals surface area contributed by atoms with Crippen LogP contribution in [0.25, 0.3) is 0 Å². The number of carbonyl (C=O) groups excluding carboxylic acids is 2. The first-order valence-corrected chi connectivity index (χ1v) is 32.1. The van der Waals surface area contributed by atoms with Crippen molar-refractivity contribution in [3.63, 3.8) is 0 Å². The minimum atomic E-state index is -0.656. The van der Waals surface area contributed by atoms with Gasteiger partial charge >= 0.3 is 17.6 Å². The number of esters is 2. The predicted molar refractivity (Wildman–Crippen MR) is 312 cm³/mol. The number of allylic oxidation sites excluding steroid dienone is 4. The Balaban J connectivity index is 0.782. The van der Waals surface area contributed by atoms with Crippen LogP contribution in [0.5, 0.6) is 0 Å². The third kappa shape index (κ3) is 8.04. The molecule has 16 atom stereocenters. The smallest absolute Gasteiger partial charge is 0.331 e. The summed E-state index contributed by atoms with van der Waals surface area (Å²) >= 11 is 0. The minimum absolute atomic E-state index is 0.0243. The van der Waals surface area contributed by atoms with E-state index in [1.807, 2.05) is 0 Å². The number of aromatic nitrogens is 2. The summed E-state index contributed by atoms with van der Waals surface area (Å²) in [6, 6.07) is 0. The van der Waals surface area contributed by atoms with Crippen molar-refractivity contribution in [3.8, 4) is 0 Å². The van der Waals surface area contributed by atoms with Crippen molar-refractivity contribution in [2.75, 3.05) is 13.2 Å². The van der Waals surface area contributed by atoms with Crippen LogP contribution in [0.3, 0.4) is 0 Å². The van der Waals surface area contributed by atoms with Crippen LogP contribution in [0.2, 0.25) is 0 Å². The van der Waals surface area contributed by atoms with Gasteiger partial charge in [-0.1, -0.05) is 120 Å². The van der Waals surface area contributed by atoms with Crippen LogP contribution in [0, 0.1) is 107 Å². The van der Waals surface area contributed by atoms with Gasteiger partial charge in [0, 0.05) is 11.8 Å². The molecule has 0 spiro atoms. The lowest BCUT2D eigenvalue weighted by molar-refractivity contribution is -0.206. The van der Waals surface area contributed by atoms with E-state index in [2.05, 4.69) is 109 Å². The van der Waals surface area contributed by atoms with E-state index >= 15 is 0 Å². The summed E-state index contributed by atoms with van der Waals surface area (Å²) < 4.78 is 15.5. The molecule has 0 amide bonds. The van der Waals surface area contributed by atoms with Crippen LogP contribution in [-0.4, -0.2) is 56.7 Å². The summed E-state index contributed by atoms with van der Waals surface area (Å²) in [6.45, 7) is 35.7. The second-order valence-corrected chi connectivity index (χ2v) is 33.5. The molecule has 4 unspecified atom stereocenters. The Labute approximate surface area is 475 Å². The van der Waals surface area contributed by atoms with Crippen LogP contribution >= 0.6 is 0 Å². The lowest BCUT2D eigenvalue weighted by Crippen LogP contribution is -2.65. The quantitative estimate of drug-likeness (QED) is 0.194. The zero-order chi connectivity index (χ0) is 57.3. The van der Waals surface area contributed by atoms with Gasteiger partial charge < -0.3 is 19.7 Å². The average Bonchev–Trinajstić information content (AvgIpc) is 2.81. The number of aliphatic hydroxyl groups is 2. The first-order valence-electron chi connectivity index (χ1n) is 32.1. The molecule has 10 aliphatic rings. The Morgan fingerprint density at radius 2 is 0.937 bits per heavy atom. The average molecular weight is 1090 g/mol. The Morgan fingerprint density at radius 1 is 0.532 bits per heavy atom. The fourth-order valence-corrected chi connectivity index (χ4v) is 23.1. The molecule has 8 fully saturated rings. The summed E-state index contributed by atoms with van der Waals surface area (Å²) in [7, 11) is 0. The first-order chi connectivity index (χ1) is 36.6. The molecule has 10 nitrogen and oxygen atoms in total. The van der Waals surface area contributed by atoms with Crippen molar-refractivity contribution in [1.82, 2.24) is 9.13 Å². The number of fused-ring (bicyclic) bond motifs is 14. The number of nitrogens with zero attached hydrogens (tertiary/aromatic N) is 2. The van der Waals surface area contributed by atoms with Crippen LogP contribution in [0.4, 0.5) is 0 Å². The highest BCUT2D eigenvalue weighted by Crippen LogP contribution is 2.78. The standard InChI is InChI=1S/C69H106N2O8/c1-43-42-70(36-38-78-55(75)68-32-28-58(2,3)40-46(68)44-16-18-50-62(10)24-22-52(72)60(6,7)48(62)20-26-66(50,14)64(44,12)30-34-68)57(77)71(54(43)74)37-39-79-56(76)69-33-29-59(4,5)41-47(69)45-17-19-51-63(11)25-23-53(73)61(8,9)49(63)21-27-67(51,15)65(45,13)31-35-69/h16-17,42,46-53,72-73H,18-41H2,1-15H3/t46-,47-,48?,49?,50?,51?,52-,53-,62-,63-,64+,65+,66+,67+,68-,69-/m0/s1. The van der Waals surface area contributed by atoms with Gasteiger partial charge in [-0.15, -0.1) is 0 Å². The highest BCUT2D eigenvalue weighted by atomic mass is 16.5. The molecule has 10 aliphatic carbocycles. The van der Waals surface area contributed by atoms with Crippen LogP contribution in [0.15, 0.2) is 39.1 Å².